The zero-order valence-corrected chi connectivity index (χ0v) is 8.07. The Bertz CT molecular complexity index is 191. The smallest absolute Gasteiger partial charge is 0.437 e. The molecular weight excluding hydrogens is 174 g/mol. The van der Waals surface area contributed by atoms with Crippen molar-refractivity contribution in [3.8, 4) is 0 Å². The summed E-state index contributed by atoms with van der Waals surface area (Å²) in [5.41, 5.74) is 5.44. The van der Waals surface area contributed by atoms with Gasteiger partial charge in [0.2, 0.25) is 0 Å². The highest BCUT2D eigenvalue weighted by Crippen LogP contribution is 2.04. The van der Waals surface area contributed by atoms with Crippen molar-refractivity contribution < 1.29 is 19.1 Å². The van der Waals surface area contributed by atoms with E-state index in [1.165, 1.54) is 0 Å². The maximum atomic E-state index is 11.0. The van der Waals surface area contributed by atoms with E-state index in [1.54, 1.807) is 0 Å². The molecule has 0 unspecified atom stereocenters. The molecule has 5 heteroatoms. The molecule has 2 N–H and O–H groups in total. The molecule has 0 fully saturated rings. The van der Waals surface area contributed by atoms with E-state index in [0.29, 0.717) is 6.42 Å². The molecule has 0 amide bonds. The van der Waals surface area contributed by atoms with Crippen LogP contribution in [0.4, 0.5) is 4.79 Å². The summed E-state index contributed by atoms with van der Waals surface area (Å²) in [5, 5.41) is 0. The fraction of sp³-hybridized carbons (Fsp3) is 0.750. The van der Waals surface area contributed by atoms with E-state index in [-0.39, 0.29) is 5.92 Å². The van der Waals surface area contributed by atoms with Crippen molar-refractivity contribution in [2.24, 2.45) is 11.7 Å². The fourth-order valence-corrected chi connectivity index (χ4v) is 0.804. The van der Waals surface area contributed by atoms with Gasteiger partial charge in [-0.25, -0.2) is 9.59 Å². The Morgan fingerprint density at radius 2 is 1.92 bits per heavy atom. The zero-order valence-electron chi connectivity index (χ0n) is 8.07. The standard InChI is InChI=1S/C8H15NO4/c1-5(2)4-6(9)7(10)13-8(11)12-3/h5-6H,4,9H2,1-3H3/t6-/m0/s1. The first-order valence-electron chi connectivity index (χ1n) is 4.02. The fourth-order valence-electron chi connectivity index (χ4n) is 0.804. The topological polar surface area (TPSA) is 78.6 Å². The molecule has 0 aromatic rings. The van der Waals surface area contributed by atoms with Gasteiger partial charge >= 0.3 is 12.1 Å². The van der Waals surface area contributed by atoms with Crippen LogP contribution >= 0.6 is 0 Å². The van der Waals surface area contributed by atoms with Gasteiger partial charge in [-0.05, 0) is 12.3 Å². The van der Waals surface area contributed by atoms with Crippen LogP contribution in [-0.2, 0) is 14.3 Å². The third-order valence-corrected chi connectivity index (χ3v) is 1.38. The summed E-state index contributed by atoms with van der Waals surface area (Å²) < 4.78 is 8.38. The molecule has 0 bridgehead atoms. The highest BCUT2D eigenvalue weighted by Gasteiger charge is 2.19. The molecule has 5 nitrogen and oxygen atoms in total. The van der Waals surface area contributed by atoms with Crippen LogP contribution in [0.25, 0.3) is 0 Å². The maximum Gasteiger partial charge on any atom is 0.515 e. The van der Waals surface area contributed by atoms with Crippen LogP contribution < -0.4 is 5.73 Å². The van der Waals surface area contributed by atoms with Crippen molar-refractivity contribution in [2.45, 2.75) is 26.3 Å². The van der Waals surface area contributed by atoms with Gasteiger partial charge in [0.1, 0.15) is 6.04 Å². The Hall–Kier alpha value is -1.10. The lowest BCUT2D eigenvalue weighted by Crippen LogP contribution is -2.34. The van der Waals surface area contributed by atoms with E-state index >= 15 is 0 Å². The van der Waals surface area contributed by atoms with E-state index in [0.717, 1.165) is 7.11 Å². The van der Waals surface area contributed by atoms with Gasteiger partial charge in [0, 0.05) is 0 Å². The minimum atomic E-state index is -1.02. The summed E-state index contributed by atoms with van der Waals surface area (Å²) in [7, 11) is 1.13. The number of hydrogen-bond acceptors (Lipinski definition) is 5. The Morgan fingerprint density at radius 1 is 1.38 bits per heavy atom. The summed E-state index contributed by atoms with van der Waals surface area (Å²) in [6, 6.07) is -0.765. The lowest BCUT2D eigenvalue weighted by Gasteiger charge is -2.11. The van der Waals surface area contributed by atoms with Crippen molar-refractivity contribution in [3.05, 3.63) is 0 Å². The predicted molar refractivity (Wildman–Crippen MR) is 45.9 cm³/mol. The largest absolute Gasteiger partial charge is 0.515 e. The van der Waals surface area contributed by atoms with E-state index < -0.39 is 18.2 Å². The minimum absolute atomic E-state index is 0.278. The second kappa shape index (κ2) is 5.53. The molecule has 0 heterocycles. The van der Waals surface area contributed by atoms with E-state index in [2.05, 4.69) is 9.47 Å². The molecule has 0 saturated heterocycles. The Kier molecular flexibility index (Phi) is 5.06. The third-order valence-electron chi connectivity index (χ3n) is 1.38. The highest BCUT2D eigenvalue weighted by atomic mass is 16.7. The molecule has 0 rings (SSSR count). The first-order valence-corrected chi connectivity index (χ1v) is 4.02. The van der Waals surface area contributed by atoms with Gasteiger partial charge in [0.25, 0.3) is 0 Å². The summed E-state index contributed by atoms with van der Waals surface area (Å²) in [6.45, 7) is 3.84. The average molecular weight is 189 g/mol. The van der Waals surface area contributed by atoms with Crippen molar-refractivity contribution in [1.29, 1.82) is 0 Å². The SMILES string of the molecule is COC(=O)OC(=O)[C@@H](N)CC(C)C. The number of ether oxygens (including phenoxy) is 2. The Labute approximate surface area is 77.2 Å². The number of nitrogens with two attached hydrogens (primary N) is 1. The van der Waals surface area contributed by atoms with E-state index in [1.807, 2.05) is 13.8 Å². The average Bonchev–Trinajstić information content (AvgIpc) is 2.02. The quantitative estimate of drug-likeness (QED) is 0.521. The van der Waals surface area contributed by atoms with Crippen LogP contribution in [0.2, 0.25) is 0 Å². The van der Waals surface area contributed by atoms with Gasteiger partial charge < -0.3 is 15.2 Å². The van der Waals surface area contributed by atoms with Crippen molar-refractivity contribution in [3.63, 3.8) is 0 Å². The van der Waals surface area contributed by atoms with Crippen LogP contribution in [-0.4, -0.2) is 25.3 Å². The molecule has 0 aliphatic rings. The second-order valence-electron chi connectivity index (χ2n) is 3.11. The Balaban J connectivity index is 3.89. The van der Waals surface area contributed by atoms with Gasteiger partial charge in [0.05, 0.1) is 7.11 Å². The lowest BCUT2D eigenvalue weighted by atomic mass is 10.1. The second-order valence-corrected chi connectivity index (χ2v) is 3.11. The highest BCUT2D eigenvalue weighted by molar-refractivity contribution is 5.85. The third kappa shape index (κ3) is 5.19. The molecule has 0 saturated carbocycles. The molecular formula is C8H15NO4. The van der Waals surface area contributed by atoms with Gasteiger partial charge in [-0.1, -0.05) is 13.8 Å². The minimum Gasteiger partial charge on any atom is -0.437 e. The molecule has 0 aromatic heterocycles. The van der Waals surface area contributed by atoms with Gasteiger partial charge in [-0.3, -0.25) is 0 Å². The van der Waals surface area contributed by atoms with Crippen molar-refractivity contribution >= 4 is 12.1 Å². The van der Waals surface area contributed by atoms with Crippen LogP contribution in [0.1, 0.15) is 20.3 Å². The number of carbonyl (C=O) groups is 2. The molecule has 76 valence electrons. The summed E-state index contributed by atoms with van der Waals surface area (Å²) >= 11 is 0. The molecule has 13 heavy (non-hydrogen) atoms. The first kappa shape index (κ1) is 11.9. The number of hydrogen-bond donors (Lipinski definition) is 1. The molecule has 0 aromatic carbocycles. The van der Waals surface area contributed by atoms with Crippen molar-refractivity contribution in [1.82, 2.24) is 0 Å². The van der Waals surface area contributed by atoms with E-state index in [4.69, 9.17) is 5.73 Å². The molecule has 0 spiro atoms. The molecule has 0 radical (unpaired) electrons. The predicted octanol–water partition coefficient (Wildman–Crippen LogP) is 0.669. The molecule has 0 aliphatic heterocycles. The maximum absolute atomic E-state index is 11.0. The zero-order chi connectivity index (χ0) is 10.4. The van der Waals surface area contributed by atoms with Crippen LogP contribution in [0.3, 0.4) is 0 Å². The van der Waals surface area contributed by atoms with Crippen LogP contribution in [0, 0.1) is 5.92 Å². The van der Waals surface area contributed by atoms with Crippen LogP contribution in [0.5, 0.6) is 0 Å². The summed E-state index contributed by atoms with van der Waals surface area (Å²) in [4.78, 5) is 21.5. The monoisotopic (exact) mass is 189 g/mol. The lowest BCUT2D eigenvalue weighted by molar-refractivity contribution is -0.141. The number of carbonyl (C=O) groups excluding carboxylic acids is 2. The normalized spacial score (nSPS) is 12.4. The van der Waals surface area contributed by atoms with E-state index in [9.17, 15) is 9.59 Å². The number of esters is 1. The first-order chi connectivity index (χ1) is 5.97. The van der Waals surface area contributed by atoms with Crippen molar-refractivity contribution in [2.75, 3.05) is 7.11 Å². The van der Waals surface area contributed by atoms with Gasteiger partial charge in [-0.15, -0.1) is 0 Å². The summed E-state index contributed by atoms with van der Waals surface area (Å²) in [5.74, 6) is -0.472. The van der Waals surface area contributed by atoms with Crippen LogP contribution in [0.15, 0.2) is 0 Å². The van der Waals surface area contributed by atoms with Gasteiger partial charge in [-0.2, -0.15) is 0 Å². The van der Waals surface area contributed by atoms with Gasteiger partial charge in [0.15, 0.2) is 0 Å². The Morgan fingerprint density at radius 3 is 2.31 bits per heavy atom. The number of rotatable bonds is 3. The summed E-state index contributed by atoms with van der Waals surface area (Å²) in [6.07, 6.45) is -0.542. The molecule has 1 atom stereocenters. The molecule has 0 aliphatic carbocycles. The number of methoxy groups -OCH3 is 1.